The molecule has 0 bridgehead atoms. The van der Waals surface area contributed by atoms with Crippen molar-refractivity contribution in [1.29, 1.82) is 0 Å². The van der Waals surface area contributed by atoms with E-state index in [4.69, 9.17) is 10.5 Å². The molecule has 0 unspecified atom stereocenters. The first-order valence-corrected chi connectivity index (χ1v) is 7.51. The monoisotopic (exact) mass is 284 g/mol. The molecule has 0 fully saturated rings. The summed E-state index contributed by atoms with van der Waals surface area (Å²) in [7, 11) is 0. The molecule has 0 amide bonds. The zero-order valence-corrected chi connectivity index (χ0v) is 12.1. The Bertz CT molecular complexity index is 736. The first kappa shape index (κ1) is 13.1. The Hall–Kier alpha value is -1.91. The van der Waals surface area contributed by atoms with Gasteiger partial charge in [-0.25, -0.2) is 4.98 Å². The van der Waals surface area contributed by atoms with Crippen LogP contribution in [-0.2, 0) is 6.54 Å². The lowest BCUT2D eigenvalue weighted by molar-refractivity contribution is 0.342. The van der Waals surface area contributed by atoms with Crippen molar-refractivity contribution in [3.63, 3.8) is 0 Å². The van der Waals surface area contributed by atoms with Gasteiger partial charge in [-0.05, 0) is 23.8 Å². The van der Waals surface area contributed by atoms with Crippen molar-refractivity contribution in [2.75, 3.05) is 6.61 Å². The summed E-state index contributed by atoms with van der Waals surface area (Å²) >= 11 is 1.59. The first-order chi connectivity index (χ1) is 9.83. The topological polar surface area (TPSA) is 48.1 Å². The summed E-state index contributed by atoms with van der Waals surface area (Å²) in [4.78, 5) is 4.61. The third-order valence-electron chi connectivity index (χ3n) is 3.17. The van der Waals surface area contributed by atoms with E-state index in [-0.39, 0.29) is 0 Å². The van der Waals surface area contributed by atoms with E-state index in [0.717, 1.165) is 27.4 Å². The fourth-order valence-electron chi connectivity index (χ4n) is 2.31. The number of fused-ring (bicyclic) bond motifs is 1. The van der Waals surface area contributed by atoms with E-state index in [2.05, 4.69) is 23.2 Å². The minimum Gasteiger partial charge on any atom is -0.493 e. The maximum absolute atomic E-state index is 5.78. The predicted molar refractivity (Wildman–Crippen MR) is 84.1 cm³/mol. The van der Waals surface area contributed by atoms with Crippen molar-refractivity contribution in [2.24, 2.45) is 5.73 Å². The Kier molecular flexibility index (Phi) is 3.67. The van der Waals surface area contributed by atoms with Gasteiger partial charge in [0.15, 0.2) is 0 Å². The molecule has 2 aromatic carbocycles. The lowest BCUT2D eigenvalue weighted by Gasteiger charge is -2.11. The summed E-state index contributed by atoms with van der Waals surface area (Å²) in [5.41, 5.74) is 7.66. The van der Waals surface area contributed by atoms with Crippen LogP contribution < -0.4 is 10.5 Å². The van der Waals surface area contributed by atoms with E-state index < -0.39 is 0 Å². The average molecular weight is 284 g/mol. The molecule has 4 heteroatoms. The summed E-state index contributed by atoms with van der Waals surface area (Å²) in [6.45, 7) is 3.10. The molecule has 0 aliphatic heterocycles. The second-order valence-electron chi connectivity index (χ2n) is 4.42. The number of thiazole rings is 1. The normalized spacial score (nSPS) is 10.9. The summed E-state index contributed by atoms with van der Waals surface area (Å²) in [6.07, 6.45) is 0. The molecule has 1 heterocycles. The minimum atomic E-state index is 0.472. The van der Waals surface area contributed by atoms with Gasteiger partial charge in [0.05, 0.1) is 17.9 Å². The summed E-state index contributed by atoms with van der Waals surface area (Å²) in [5, 5.41) is 5.34. The Morgan fingerprint density at radius 1 is 1.20 bits per heavy atom. The van der Waals surface area contributed by atoms with Crippen LogP contribution in [-0.4, -0.2) is 11.6 Å². The molecule has 20 heavy (non-hydrogen) atoms. The highest BCUT2D eigenvalue weighted by molar-refractivity contribution is 7.09. The second kappa shape index (κ2) is 5.61. The molecule has 0 atom stereocenters. The van der Waals surface area contributed by atoms with E-state index in [1.165, 1.54) is 5.39 Å². The number of nitrogens with two attached hydrogens (primary N) is 1. The molecule has 0 saturated heterocycles. The Morgan fingerprint density at radius 2 is 2.05 bits per heavy atom. The fourth-order valence-corrected chi connectivity index (χ4v) is 2.98. The van der Waals surface area contributed by atoms with Gasteiger partial charge in [-0.2, -0.15) is 0 Å². The van der Waals surface area contributed by atoms with Crippen molar-refractivity contribution in [1.82, 2.24) is 4.98 Å². The van der Waals surface area contributed by atoms with Crippen LogP contribution in [0.5, 0.6) is 5.75 Å². The fraction of sp³-hybridized carbons (Fsp3) is 0.188. The van der Waals surface area contributed by atoms with Crippen LogP contribution >= 0.6 is 11.3 Å². The van der Waals surface area contributed by atoms with Crippen LogP contribution in [0.4, 0.5) is 0 Å². The van der Waals surface area contributed by atoms with Crippen LogP contribution in [0.1, 0.15) is 11.9 Å². The van der Waals surface area contributed by atoms with E-state index in [1.54, 1.807) is 11.3 Å². The zero-order chi connectivity index (χ0) is 13.9. The van der Waals surface area contributed by atoms with Gasteiger partial charge < -0.3 is 10.5 Å². The minimum absolute atomic E-state index is 0.472. The van der Waals surface area contributed by atoms with Crippen LogP contribution in [0.15, 0.2) is 41.8 Å². The highest BCUT2D eigenvalue weighted by Crippen LogP contribution is 2.37. The predicted octanol–water partition coefficient (Wildman–Crippen LogP) is 3.82. The van der Waals surface area contributed by atoms with Gasteiger partial charge >= 0.3 is 0 Å². The smallest absolute Gasteiger partial charge is 0.129 e. The van der Waals surface area contributed by atoms with Gasteiger partial charge in [0.1, 0.15) is 10.8 Å². The lowest BCUT2D eigenvalue weighted by Crippen LogP contribution is -1.97. The number of nitrogens with zero attached hydrogens (tertiary/aromatic N) is 1. The maximum Gasteiger partial charge on any atom is 0.129 e. The number of hydrogen-bond donors (Lipinski definition) is 1. The van der Waals surface area contributed by atoms with Gasteiger partial charge in [-0.3, -0.25) is 0 Å². The number of benzene rings is 2. The Morgan fingerprint density at radius 3 is 2.80 bits per heavy atom. The lowest BCUT2D eigenvalue weighted by atomic mass is 10.0. The van der Waals surface area contributed by atoms with Crippen molar-refractivity contribution in [2.45, 2.75) is 13.5 Å². The zero-order valence-electron chi connectivity index (χ0n) is 11.3. The molecule has 0 aliphatic rings. The molecule has 2 N–H and O–H groups in total. The number of hydrogen-bond acceptors (Lipinski definition) is 4. The van der Waals surface area contributed by atoms with Crippen molar-refractivity contribution in [3.8, 4) is 17.0 Å². The van der Waals surface area contributed by atoms with Gasteiger partial charge in [-0.15, -0.1) is 11.3 Å². The van der Waals surface area contributed by atoms with Crippen molar-refractivity contribution in [3.05, 3.63) is 46.8 Å². The molecule has 3 aromatic rings. The van der Waals surface area contributed by atoms with Crippen LogP contribution in [0.2, 0.25) is 0 Å². The average Bonchev–Trinajstić information content (AvgIpc) is 2.96. The van der Waals surface area contributed by atoms with Crippen molar-refractivity contribution < 1.29 is 4.74 Å². The highest BCUT2D eigenvalue weighted by atomic mass is 32.1. The number of aromatic nitrogens is 1. The van der Waals surface area contributed by atoms with Gasteiger partial charge in [-0.1, -0.05) is 30.3 Å². The molecule has 102 valence electrons. The molecule has 0 aliphatic carbocycles. The van der Waals surface area contributed by atoms with E-state index in [1.807, 2.05) is 30.5 Å². The SMILES string of the molecule is CCOc1ccc2ccccc2c1-c1csc(CN)n1. The van der Waals surface area contributed by atoms with E-state index >= 15 is 0 Å². The van der Waals surface area contributed by atoms with Crippen LogP contribution in [0, 0.1) is 0 Å². The van der Waals surface area contributed by atoms with E-state index in [0.29, 0.717) is 13.2 Å². The summed E-state index contributed by atoms with van der Waals surface area (Å²) in [5.74, 6) is 0.875. The molecule has 3 rings (SSSR count). The molecular weight excluding hydrogens is 268 g/mol. The van der Waals surface area contributed by atoms with E-state index in [9.17, 15) is 0 Å². The largest absolute Gasteiger partial charge is 0.493 e. The number of ether oxygens (including phenoxy) is 1. The molecular formula is C16H16N2OS. The highest BCUT2D eigenvalue weighted by Gasteiger charge is 2.13. The Balaban J connectivity index is 2.26. The van der Waals surface area contributed by atoms with Crippen molar-refractivity contribution >= 4 is 22.1 Å². The molecule has 0 spiro atoms. The molecule has 0 radical (unpaired) electrons. The van der Waals surface area contributed by atoms with Gasteiger partial charge in [0.25, 0.3) is 0 Å². The van der Waals surface area contributed by atoms with Gasteiger partial charge in [0, 0.05) is 11.9 Å². The maximum atomic E-state index is 5.78. The van der Waals surface area contributed by atoms with Crippen LogP contribution in [0.3, 0.4) is 0 Å². The van der Waals surface area contributed by atoms with Gasteiger partial charge in [0.2, 0.25) is 0 Å². The molecule has 0 saturated carbocycles. The quantitative estimate of drug-likeness (QED) is 0.792. The second-order valence-corrected chi connectivity index (χ2v) is 5.37. The molecule has 1 aromatic heterocycles. The standard InChI is InChI=1S/C16H16N2OS/c1-2-19-14-8-7-11-5-3-4-6-12(11)16(14)13-10-20-15(9-17)18-13/h3-8,10H,2,9,17H2,1H3. The summed E-state index contributed by atoms with van der Waals surface area (Å²) in [6, 6.07) is 12.4. The first-order valence-electron chi connectivity index (χ1n) is 6.63. The molecule has 3 nitrogen and oxygen atoms in total. The third-order valence-corrected chi connectivity index (χ3v) is 4.04. The van der Waals surface area contributed by atoms with Crippen LogP contribution in [0.25, 0.3) is 22.0 Å². The third kappa shape index (κ3) is 2.28. The Labute approximate surface area is 122 Å². The number of rotatable bonds is 4. The summed E-state index contributed by atoms with van der Waals surface area (Å²) < 4.78 is 5.78.